The van der Waals surface area contributed by atoms with Crippen LogP contribution in [0.25, 0.3) is 0 Å². The van der Waals surface area contributed by atoms with Crippen LogP contribution in [0.4, 0.5) is 10.1 Å². The molecule has 1 amide bonds. The fraction of sp³-hybridized carbons (Fsp3) is 0.188. The molecular weight excluding hydrogens is 291 g/mol. The van der Waals surface area contributed by atoms with Crippen molar-refractivity contribution in [3.05, 3.63) is 64.9 Å². The minimum Gasteiger partial charge on any atom is -0.325 e. The zero-order valence-electron chi connectivity index (χ0n) is 11.4. The Morgan fingerprint density at radius 1 is 1.24 bits per heavy atom. The molecule has 21 heavy (non-hydrogen) atoms. The summed E-state index contributed by atoms with van der Waals surface area (Å²) in [6.07, 6.45) is 1.22. The second kappa shape index (κ2) is 7.20. The summed E-state index contributed by atoms with van der Waals surface area (Å²) in [5.41, 5.74) is 7.28. The van der Waals surface area contributed by atoms with Gasteiger partial charge in [-0.2, -0.15) is 0 Å². The van der Waals surface area contributed by atoms with Gasteiger partial charge in [0.25, 0.3) is 0 Å². The number of benzene rings is 2. The number of hydrogen-bond acceptors (Lipinski definition) is 2. The smallest absolute Gasteiger partial charge is 0.241 e. The van der Waals surface area contributed by atoms with Gasteiger partial charge in [-0.15, -0.1) is 0 Å². The van der Waals surface area contributed by atoms with Gasteiger partial charge in [0.15, 0.2) is 0 Å². The molecule has 0 aromatic heterocycles. The lowest BCUT2D eigenvalue weighted by molar-refractivity contribution is -0.117. The topological polar surface area (TPSA) is 55.1 Å². The number of nitrogens with two attached hydrogens (primary N) is 1. The first kappa shape index (κ1) is 15.5. The normalized spacial score (nSPS) is 12.0. The number of halogens is 2. The molecule has 0 aliphatic carbocycles. The van der Waals surface area contributed by atoms with E-state index in [-0.39, 0.29) is 10.9 Å². The summed E-state index contributed by atoms with van der Waals surface area (Å²) in [5, 5.41) is 2.80. The first-order chi connectivity index (χ1) is 10.0. The molecule has 0 unspecified atom stereocenters. The maximum absolute atomic E-state index is 13.2. The molecule has 0 spiro atoms. The second-order valence-corrected chi connectivity index (χ2v) is 5.21. The Morgan fingerprint density at radius 3 is 2.62 bits per heavy atom. The van der Waals surface area contributed by atoms with Crippen molar-refractivity contribution < 1.29 is 9.18 Å². The van der Waals surface area contributed by atoms with E-state index in [4.69, 9.17) is 17.3 Å². The van der Waals surface area contributed by atoms with Crippen LogP contribution in [0.1, 0.15) is 12.0 Å². The molecule has 3 nitrogen and oxygen atoms in total. The zero-order valence-corrected chi connectivity index (χ0v) is 12.1. The highest BCUT2D eigenvalue weighted by Crippen LogP contribution is 2.18. The lowest BCUT2D eigenvalue weighted by Gasteiger charge is -2.12. The number of carbonyl (C=O) groups excluding carboxylic acids is 1. The van der Waals surface area contributed by atoms with E-state index in [2.05, 4.69) is 5.32 Å². The molecule has 0 saturated carbocycles. The van der Waals surface area contributed by atoms with Gasteiger partial charge in [0.1, 0.15) is 5.82 Å². The summed E-state index contributed by atoms with van der Waals surface area (Å²) >= 11 is 5.73. The van der Waals surface area contributed by atoms with E-state index in [9.17, 15) is 9.18 Å². The van der Waals surface area contributed by atoms with Gasteiger partial charge in [0.2, 0.25) is 5.91 Å². The molecule has 0 aliphatic heterocycles. The monoisotopic (exact) mass is 306 g/mol. The molecule has 0 aliphatic rings. The molecule has 3 N–H and O–H groups in total. The SMILES string of the molecule is N[C@@H](CCc1ccccc1)C(=O)Nc1cc(F)cc(Cl)c1. The van der Waals surface area contributed by atoms with Crippen LogP contribution in [-0.4, -0.2) is 11.9 Å². The van der Waals surface area contributed by atoms with Crippen LogP contribution >= 0.6 is 11.6 Å². The number of rotatable bonds is 5. The van der Waals surface area contributed by atoms with Crippen LogP contribution < -0.4 is 11.1 Å². The van der Waals surface area contributed by atoms with E-state index in [1.807, 2.05) is 30.3 Å². The number of carbonyl (C=O) groups is 1. The van der Waals surface area contributed by atoms with Gasteiger partial charge in [-0.05, 0) is 36.6 Å². The predicted molar refractivity (Wildman–Crippen MR) is 82.8 cm³/mol. The van der Waals surface area contributed by atoms with Crippen molar-refractivity contribution in [1.29, 1.82) is 0 Å². The predicted octanol–water partition coefficient (Wildman–Crippen LogP) is 3.38. The van der Waals surface area contributed by atoms with Crippen LogP contribution in [0.5, 0.6) is 0 Å². The number of aryl methyl sites for hydroxylation is 1. The first-order valence-corrected chi connectivity index (χ1v) is 6.99. The van der Waals surface area contributed by atoms with Crippen molar-refractivity contribution in [2.75, 3.05) is 5.32 Å². The molecule has 1 atom stereocenters. The summed E-state index contributed by atoms with van der Waals surface area (Å²) in [7, 11) is 0. The molecule has 0 radical (unpaired) electrons. The fourth-order valence-electron chi connectivity index (χ4n) is 1.96. The van der Waals surface area contributed by atoms with E-state index in [1.165, 1.54) is 18.2 Å². The van der Waals surface area contributed by atoms with Gasteiger partial charge in [0, 0.05) is 10.7 Å². The third-order valence-corrected chi connectivity index (χ3v) is 3.27. The number of anilines is 1. The number of amides is 1. The fourth-order valence-corrected chi connectivity index (χ4v) is 2.18. The Balaban J connectivity index is 1.90. The van der Waals surface area contributed by atoms with Crippen LogP contribution in [0.2, 0.25) is 5.02 Å². The van der Waals surface area contributed by atoms with Gasteiger partial charge < -0.3 is 11.1 Å². The summed E-state index contributed by atoms with van der Waals surface area (Å²) in [5.74, 6) is -0.858. The Morgan fingerprint density at radius 2 is 1.95 bits per heavy atom. The minimum absolute atomic E-state index is 0.225. The van der Waals surface area contributed by atoms with Crippen LogP contribution in [0.3, 0.4) is 0 Å². The maximum Gasteiger partial charge on any atom is 0.241 e. The first-order valence-electron chi connectivity index (χ1n) is 6.61. The van der Waals surface area contributed by atoms with Crippen LogP contribution in [0.15, 0.2) is 48.5 Å². The van der Waals surface area contributed by atoms with Crippen molar-refractivity contribution in [2.45, 2.75) is 18.9 Å². The molecule has 0 heterocycles. The van der Waals surface area contributed by atoms with E-state index in [0.29, 0.717) is 18.5 Å². The third-order valence-electron chi connectivity index (χ3n) is 3.05. The summed E-state index contributed by atoms with van der Waals surface area (Å²) in [6.45, 7) is 0. The van der Waals surface area contributed by atoms with Crippen molar-refractivity contribution in [1.82, 2.24) is 0 Å². The molecule has 110 valence electrons. The highest BCUT2D eigenvalue weighted by atomic mass is 35.5. The molecular formula is C16H16ClFN2O. The standard InChI is InChI=1S/C16H16ClFN2O/c17-12-8-13(18)10-14(9-12)20-16(21)15(19)7-6-11-4-2-1-3-5-11/h1-5,8-10,15H,6-7,19H2,(H,20,21)/t15-/m0/s1. The van der Waals surface area contributed by atoms with Crippen molar-refractivity contribution in [3.8, 4) is 0 Å². The molecule has 5 heteroatoms. The van der Waals surface area contributed by atoms with E-state index < -0.39 is 11.9 Å². The highest BCUT2D eigenvalue weighted by Gasteiger charge is 2.14. The third kappa shape index (κ3) is 4.85. The summed E-state index contributed by atoms with van der Waals surface area (Å²) < 4.78 is 13.2. The molecule has 0 bridgehead atoms. The van der Waals surface area contributed by atoms with E-state index in [0.717, 1.165) is 5.56 Å². The summed E-state index contributed by atoms with van der Waals surface area (Å²) in [6, 6.07) is 13.0. The number of nitrogens with one attached hydrogen (secondary N) is 1. The Hall–Kier alpha value is -1.91. The average molecular weight is 307 g/mol. The maximum atomic E-state index is 13.2. The lowest BCUT2D eigenvalue weighted by Crippen LogP contribution is -2.36. The molecule has 0 saturated heterocycles. The largest absolute Gasteiger partial charge is 0.325 e. The molecule has 0 fully saturated rings. The lowest BCUT2D eigenvalue weighted by atomic mass is 10.1. The second-order valence-electron chi connectivity index (χ2n) is 4.78. The Bertz CT molecular complexity index is 599. The van der Waals surface area contributed by atoms with Gasteiger partial charge in [-0.1, -0.05) is 41.9 Å². The molecule has 2 rings (SSSR count). The van der Waals surface area contributed by atoms with Gasteiger partial charge >= 0.3 is 0 Å². The zero-order chi connectivity index (χ0) is 15.2. The molecule has 2 aromatic carbocycles. The highest BCUT2D eigenvalue weighted by molar-refractivity contribution is 6.30. The Labute approximate surface area is 127 Å². The average Bonchev–Trinajstić information content (AvgIpc) is 2.44. The van der Waals surface area contributed by atoms with Crippen molar-refractivity contribution in [3.63, 3.8) is 0 Å². The van der Waals surface area contributed by atoms with E-state index >= 15 is 0 Å². The van der Waals surface area contributed by atoms with Gasteiger partial charge in [0.05, 0.1) is 6.04 Å². The Kier molecular flexibility index (Phi) is 5.31. The van der Waals surface area contributed by atoms with Gasteiger partial charge in [-0.25, -0.2) is 4.39 Å². The minimum atomic E-state index is -0.660. The summed E-state index contributed by atoms with van der Waals surface area (Å²) in [4.78, 5) is 12.0. The quantitative estimate of drug-likeness (QED) is 0.890. The van der Waals surface area contributed by atoms with Crippen molar-refractivity contribution in [2.24, 2.45) is 5.73 Å². The van der Waals surface area contributed by atoms with Crippen LogP contribution in [-0.2, 0) is 11.2 Å². The van der Waals surface area contributed by atoms with Crippen molar-refractivity contribution >= 4 is 23.2 Å². The van der Waals surface area contributed by atoms with E-state index in [1.54, 1.807) is 0 Å². The molecule has 2 aromatic rings. The van der Waals surface area contributed by atoms with Crippen LogP contribution in [0, 0.1) is 5.82 Å². The number of hydrogen-bond donors (Lipinski definition) is 2. The van der Waals surface area contributed by atoms with Gasteiger partial charge in [-0.3, -0.25) is 4.79 Å².